The number of nitrogens with one attached hydrogen (secondary N) is 2. The topological polar surface area (TPSA) is 87.7 Å². The van der Waals surface area contributed by atoms with Crippen LogP contribution in [0.1, 0.15) is 39.5 Å². The van der Waals surface area contributed by atoms with Crippen LogP contribution in [0.15, 0.2) is 0 Å². The van der Waals surface area contributed by atoms with Crippen molar-refractivity contribution in [1.29, 1.82) is 0 Å². The first-order valence-corrected chi connectivity index (χ1v) is 6.44. The molecule has 2 amide bonds. The first kappa shape index (κ1) is 14.8. The molecule has 1 aliphatic rings. The molecule has 1 rings (SSSR count). The summed E-state index contributed by atoms with van der Waals surface area (Å²) in [7, 11) is 0. The molecule has 0 aromatic heterocycles. The Hall–Kier alpha value is -1.30. The highest BCUT2D eigenvalue weighted by molar-refractivity contribution is 5.86. The van der Waals surface area contributed by atoms with Gasteiger partial charge in [-0.25, -0.2) is 9.59 Å². The van der Waals surface area contributed by atoms with E-state index in [1.165, 1.54) is 0 Å². The zero-order chi connectivity index (χ0) is 13.6. The Labute approximate surface area is 107 Å². The molecular weight excluding hydrogens is 236 g/mol. The van der Waals surface area contributed by atoms with E-state index in [0.29, 0.717) is 26.1 Å². The Bertz CT molecular complexity index is 296. The number of amides is 2. The van der Waals surface area contributed by atoms with Gasteiger partial charge in [-0.3, -0.25) is 0 Å². The molecular formula is C12H22N2O4. The quantitative estimate of drug-likeness (QED) is 0.689. The minimum Gasteiger partial charge on any atom is -0.480 e. The van der Waals surface area contributed by atoms with E-state index < -0.39 is 17.5 Å². The first-order chi connectivity index (χ1) is 8.54. The lowest BCUT2D eigenvalue weighted by molar-refractivity contribution is -0.148. The average Bonchev–Trinajstić information content (AvgIpc) is 2.36. The molecule has 0 spiro atoms. The summed E-state index contributed by atoms with van der Waals surface area (Å²) in [4.78, 5) is 23.2. The number of hydrogen-bond acceptors (Lipinski definition) is 3. The van der Waals surface area contributed by atoms with E-state index in [1.54, 1.807) is 0 Å². The van der Waals surface area contributed by atoms with Crippen LogP contribution < -0.4 is 10.6 Å². The van der Waals surface area contributed by atoms with Gasteiger partial charge in [-0.2, -0.15) is 0 Å². The van der Waals surface area contributed by atoms with Crippen molar-refractivity contribution in [3.05, 3.63) is 0 Å². The number of rotatable bonds is 5. The molecule has 0 unspecified atom stereocenters. The van der Waals surface area contributed by atoms with Gasteiger partial charge in [0.15, 0.2) is 0 Å². The van der Waals surface area contributed by atoms with Crippen LogP contribution in [-0.4, -0.2) is 41.9 Å². The number of carboxylic acids is 1. The third-order valence-electron chi connectivity index (χ3n) is 3.43. The molecule has 0 saturated carbocycles. The summed E-state index contributed by atoms with van der Waals surface area (Å²) in [5.74, 6) is -0.995. The Balaban J connectivity index is 2.61. The fraction of sp³-hybridized carbons (Fsp3) is 0.833. The van der Waals surface area contributed by atoms with Crippen LogP contribution >= 0.6 is 0 Å². The van der Waals surface area contributed by atoms with E-state index in [2.05, 4.69) is 10.6 Å². The maximum absolute atomic E-state index is 11.8. The lowest BCUT2D eigenvalue weighted by atomic mass is 9.90. The smallest absolute Gasteiger partial charge is 0.329 e. The minimum atomic E-state index is -1.19. The molecule has 0 aromatic carbocycles. The SMILES string of the molecule is CCC(CC)NC(=O)NC1(C(=O)O)CCOCC1. The normalized spacial score (nSPS) is 18.4. The van der Waals surface area contributed by atoms with Crippen molar-refractivity contribution in [1.82, 2.24) is 10.6 Å². The van der Waals surface area contributed by atoms with Crippen molar-refractivity contribution in [2.45, 2.75) is 51.1 Å². The standard InChI is InChI=1S/C12H22N2O4/c1-3-9(4-2)13-11(17)14-12(10(15)16)5-7-18-8-6-12/h9H,3-8H2,1-2H3,(H,15,16)(H2,13,14,17). The fourth-order valence-electron chi connectivity index (χ4n) is 2.04. The molecule has 1 fully saturated rings. The van der Waals surface area contributed by atoms with Crippen LogP contribution in [-0.2, 0) is 9.53 Å². The molecule has 0 radical (unpaired) electrons. The van der Waals surface area contributed by atoms with Crippen LogP contribution in [0.2, 0.25) is 0 Å². The van der Waals surface area contributed by atoms with E-state index in [4.69, 9.17) is 4.74 Å². The Morgan fingerprint density at radius 2 is 1.83 bits per heavy atom. The van der Waals surface area contributed by atoms with Crippen LogP contribution in [0.4, 0.5) is 4.79 Å². The lowest BCUT2D eigenvalue weighted by Gasteiger charge is -2.34. The molecule has 0 aromatic rings. The Morgan fingerprint density at radius 1 is 1.28 bits per heavy atom. The zero-order valence-corrected chi connectivity index (χ0v) is 11.0. The number of carbonyl (C=O) groups excluding carboxylic acids is 1. The highest BCUT2D eigenvalue weighted by Crippen LogP contribution is 2.21. The lowest BCUT2D eigenvalue weighted by Crippen LogP contribution is -2.60. The second-order valence-corrected chi connectivity index (χ2v) is 4.61. The second kappa shape index (κ2) is 6.58. The van der Waals surface area contributed by atoms with Crippen LogP contribution in [0.5, 0.6) is 0 Å². The molecule has 6 nitrogen and oxygen atoms in total. The highest BCUT2D eigenvalue weighted by atomic mass is 16.5. The summed E-state index contributed by atoms with van der Waals surface area (Å²) in [5.41, 5.74) is -1.19. The van der Waals surface area contributed by atoms with Gasteiger partial charge >= 0.3 is 12.0 Å². The number of carbonyl (C=O) groups is 2. The summed E-state index contributed by atoms with van der Waals surface area (Å²) in [6.07, 6.45) is 2.26. The molecule has 1 saturated heterocycles. The average molecular weight is 258 g/mol. The predicted molar refractivity (Wildman–Crippen MR) is 66.5 cm³/mol. The molecule has 1 aliphatic heterocycles. The highest BCUT2D eigenvalue weighted by Gasteiger charge is 2.41. The van der Waals surface area contributed by atoms with Gasteiger partial charge in [0.1, 0.15) is 5.54 Å². The van der Waals surface area contributed by atoms with Crippen LogP contribution in [0, 0.1) is 0 Å². The van der Waals surface area contributed by atoms with E-state index >= 15 is 0 Å². The number of hydrogen-bond donors (Lipinski definition) is 3. The molecule has 18 heavy (non-hydrogen) atoms. The van der Waals surface area contributed by atoms with Gasteiger partial charge in [0, 0.05) is 32.1 Å². The Kier molecular flexibility index (Phi) is 5.40. The summed E-state index contributed by atoms with van der Waals surface area (Å²) in [6.45, 7) is 4.68. The monoisotopic (exact) mass is 258 g/mol. The third kappa shape index (κ3) is 3.60. The van der Waals surface area contributed by atoms with Gasteiger partial charge < -0.3 is 20.5 Å². The number of urea groups is 1. The molecule has 0 atom stereocenters. The maximum atomic E-state index is 11.8. The second-order valence-electron chi connectivity index (χ2n) is 4.61. The number of ether oxygens (including phenoxy) is 1. The van der Waals surface area contributed by atoms with Gasteiger partial charge in [-0.15, -0.1) is 0 Å². The summed E-state index contributed by atoms with van der Waals surface area (Å²) in [5, 5.41) is 14.7. The molecule has 3 N–H and O–H groups in total. The molecule has 0 bridgehead atoms. The van der Waals surface area contributed by atoms with Gasteiger partial charge in [-0.1, -0.05) is 13.8 Å². The first-order valence-electron chi connectivity index (χ1n) is 6.44. The molecule has 6 heteroatoms. The summed E-state index contributed by atoms with van der Waals surface area (Å²) < 4.78 is 5.14. The van der Waals surface area contributed by atoms with Gasteiger partial charge in [0.2, 0.25) is 0 Å². The summed E-state index contributed by atoms with van der Waals surface area (Å²) >= 11 is 0. The molecule has 0 aliphatic carbocycles. The van der Waals surface area contributed by atoms with Crippen molar-refractivity contribution in [3.8, 4) is 0 Å². The van der Waals surface area contributed by atoms with Gasteiger partial charge in [0.25, 0.3) is 0 Å². The van der Waals surface area contributed by atoms with Crippen LogP contribution in [0.3, 0.4) is 0 Å². The predicted octanol–water partition coefficient (Wildman–Crippen LogP) is 1.11. The maximum Gasteiger partial charge on any atom is 0.329 e. The van der Waals surface area contributed by atoms with Crippen molar-refractivity contribution in [2.24, 2.45) is 0 Å². The number of aliphatic carboxylic acids is 1. The largest absolute Gasteiger partial charge is 0.480 e. The molecule has 104 valence electrons. The minimum absolute atomic E-state index is 0.0793. The van der Waals surface area contributed by atoms with E-state index in [-0.39, 0.29) is 6.04 Å². The van der Waals surface area contributed by atoms with Crippen LogP contribution in [0.25, 0.3) is 0 Å². The van der Waals surface area contributed by atoms with Gasteiger partial charge in [-0.05, 0) is 12.8 Å². The van der Waals surface area contributed by atoms with Crippen molar-refractivity contribution in [3.63, 3.8) is 0 Å². The molecule has 1 heterocycles. The third-order valence-corrected chi connectivity index (χ3v) is 3.43. The van der Waals surface area contributed by atoms with Crippen molar-refractivity contribution < 1.29 is 19.4 Å². The van der Waals surface area contributed by atoms with E-state index in [1.807, 2.05) is 13.8 Å². The number of carboxylic acid groups (broad SMARTS) is 1. The Morgan fingerprint density at radius 3 is 2.28 bits per heavy atom. The fourth-order valence-corrected chi connectivity index (χ4v) is 2.04. The van der Waals surface area contributed by atoms with Gasteiger partial charge in [0.05, 0.1) is 0 Å². The van der Waals surface area contributed by atoms with E-state index in [9.17, 15) is 14.7 Å². The van der Waals surface area contributed by atoms with Crippen molar-refractivity contribution >= 4 is 12.0 Å². The zero-order valence-electron chi connectivity index (χ0n) is 11.0. The summed E-state index contributed by atoms with van der Waals surface area (Å²) in [6, 6.07) is -0.330. The van der Waals surface area contributed by atoms with Crippen molar-refractivity contribution in [2.75, 3.05) is 13.2 Å². The van der Waals surface area contributed by atoms with E-state index in [0.717, 1.165) is 12.8 Å².